The number of nitrogens with zero attached hydrogens (tertiary/aromatic N) is 4. The molecule has 1 N–H and O–H groups in total. The van der Waals surface area contributed by atoms with Crippen LogP contribution >= 0.6 is 0 Å². The number of aromatic nitrogens is 3. The molecule has 0 fully saturated rings. The van der Waals surface area contributed by atoms with Crippen molar-refractivity contribution in [2.75, 3.05) is 27.2 Å². The van der Waals surface area contributed by atoms with E-state index in [2.05, 4.69) is 15.6 Å². The van der Waals surface area contributed by atoms with Crippen LogP contribution in [0.25, 0.3) is 5.69 Å². The van der Waals surface area contributed by atoms with Crippen molar-refractivity contribution < 1.29 is 4.79 Å². The minimum absolute atomic E-state index is 0.0503. The van der Waals surface area contributed by atoms with Gasteiger partial charge in [-0.3, -0.25) is 4.79 Å². The number of nitrogens with one attached hydrogen (secondary N) is 1. The number of amides is 1. The summed E-state index contributed by atoms with van der Waals surface area (Å²) in [6.45, 7) is 5.44. The minimum atomic E-state index is 0.0503. The van der Waals surface area contributed by atoms with Gasteiger partial charge in [0, 0.05) is 20.1 Å². The highest BCUT2D eigenvalue weighted by Gasteiger charge is 2.16. The molecule has 1 heterocycles. The lowest BCUT2D eigenvalue weighted by Gasteiger charge is -2.16. The zero-order valence-corrected chi connectivity index (χ0v) is 13.6. The summed E-state index contributed by atoms with van der Waals surface area (Å²) in [6, 6.07) is 8.07. The highest BCUT2D eigenvalue weighted by Crippen LogP contribution is 2.13. The van der Waals surface area contributed by atoms with E-state index >= 15 is 0 Å². The fourth-order valence-electron chi connectivity index (χ4n) is 2.14. The Morgan fingerprint density at radius 2 is 1.95 bits per heavy atom. The lowest BCUT2D eigenvalue weighted by molar-refractivity contribution is -0.129. The van der Waals surface area contributed by atoms with Gasteiger partial charge in [0.05, 0.1) is 23.5 Å². The first-order valence-corrected chi connectivity index (χ1v) is 7.39. The molecule has 0 saturated carbocycles. The highest BCUT2D eigenvalue weighted by molar-refractivity contribution is 5.78. The topological polar surface area (TPSA) is 63.1 Å². The molecule has 0 spiro atoms. The molecule has 1 aromatic heterocycles. The normalized spacial score (nSPS) is 10.7. The van der Waals surface area contributed by atoms with Gasteiger partial charge in [-0.1, -0.05) is 22.9 Å². The molecule has 0 saturated heterocycles. The standard InChI is InChI=1S/C16H23N5O/c1-12-5-7-14(8-6-12)21-13(2)15(18-19-21)11-16(22)20(4)10-9-17-3/h5-8,17H,9-11H2,1-4H3. The van der Waals surface area contributed by atoms with E-state index in [1.807, 2.05) is 45.2 Å². The third-order valence-corrected chi connectivity index (χ3v) is 3.71. The maximum atomic E-state index is 12.2. The molecule has 2 aromatic rings. The van der Waals surface area contributed by atoms with E-state index in [1.165, 1.54) is 5.56 Å². The average molecular weight is 301 g/mol. The third kappa shape index (κ3) is 3.71. The number of likely N-dealkylation sites (N-methyl/N-ethyl adjacent to an activating group) is 2. The smallest absolute Gasteiger partial charge is 0.228 e. The Labute approximate surface area is 131 Å². The SMILES string of the molecule is CNCCN(C)C(=O)Cc1nnn(-c2ccc(C)cc2)c1C. The number of hydrogen-bond donors (Lipinski definition) is 1. The van der Waals surface area contributed by atoms with E-state index in [0.717, 1.165) is 23.6 Å². The number of hydrogen-bond acceptors (Lipinski definition) is 4. The first kappa shape index (κ1) is 16.2. The predicted molar refractivity (Wildman–Crippen MR) is 86.1 cm³/mol. The number of carbonyl (C=O) groups excluding carboxylic acids is 1. The van der Waals surface area contributed by atoms with Crippen molar-refractivity contribution in [1.82, 2.24) is 25.2 Å². The first-order chi connectivity index (χ1) is 10.5. The number of rotatable bonds is 6. The fourth-order valence-corrected chi connectivity index (χ4v) is 2.14. The second kappa shape index (κ2) is 7.17. The van der Waals surface area contributed by atoms with Crippen LogP contribution in [0.5, 0.6) is 0 Å². The molecule has 0 radical (unpaired) electrons. The third-order valence-electron chi connectivity index (χ3n) is 3.71. The van der Waals surface area contributed by atoms with Crippen LogP contribution in [0.1, 0.15) is 17.0 Å². The maximum Gasteiger partial charge on any atom is 0.228 e. The van der Waals surface area contributed by atoms with Crippen LogP contribution < -0.4 is 5.32 Å². The second-order valence-corrected chi connectivity index (χ2v) is 5.46. The van der Waals surface area contributed by atoms with Gasteiger partial charge in [0.2, 0.25) is 5.91 Å². The maximum absolute atomic E-state index is 12.2. The summed E-state index contributed by atoms with van der Waals surface area (Å²) in [7, 11) is 3.68. The molecule has 0 unspecified atom stereocenters. The fraction of sp³-hybridized carbons (Fsp3) is 0.438. The van der Waals surface area contributed by atoms with Crippen LogP contribution in [-0.4, -0.2) is 53.0 Å². The summed E-state index contributed by atoms with van der Waals surface area (Å²) < 4.78 is 1.77. The summed E-state index contributed by atoms with van der Waals surface area (Å²) in [5, 5.41) is 11.4. The van der Waals surface area contributed by atoms with Gasteiger partial charge in [0.1, 0.15) is 0 Å². The molecular weight excluding hydrogens is 278 g/mol. The van der Waals surface area contributed by atoms with Crippen LogP contribution in [-0.2, 0) is 11.2 Å². The van der Waals surface area contributed by atoms with Crippen molar-refractivity contribution in [2.24, 2.45) is 0 Å². The molecular formula is C16H23N5O. The molecule has 0 atom stereocenters. The number of carbonyl (C=O) groups is 1. The van der Waals surface area contributed by atoms with Gasteiger partial charge < -0.3 is 10.2 Å². The van der Waals surface area contributed by atoms with Gasteiger partial charge in [-0.05, 0) is 33.0 Å². The first-order valence-electron chi connectivity index (χ1n) is 7.39. The van der Waals surface area contributed by atoms with Gasteiger partial charge in [-0.25, -0.2) is 4.68 Å². The van der Waals surface area contributed by atoms with Gasteiger partial charge in [-0.2, -0.15) is 0 Å². The molecule has 6 heteroatoms. The number of aryl methyl sites for hydroxylation is 1. The summed E-state index contributed by atoms with van der Waals surface area (Å²) in [4.78, 5) is 13.9. The molecule has 1 aromatic carbocycles. The van der Waals surface area contributed by atoms with Crippen molar-refractivity contribution >= 4 is 5.91 Å². The molecule has 6 nitrogen and oxygen atoms in total. The lowest BCUT2D eigenvalue weighted by Crippen LogP contribution is -2.34. The molecule has 22 heavy (non-hydrogen) atoms. The Balaban J connectivity index is 2.11. The Hall–Kier alpha value is -2.21. The molecule has 0 aliphatic carbocycles. The summed E-state index contributed by atoms with van der Waals surface area (Å²) >= 11 is 0. The highest BCUT2D eigenvalue weighted by atomic mass is 16.2. The zero-order chi connectivity index (χ0) is 16.1. The van der Waals surface area contributed by atoms with Crippen molar-refractivity contribution in [2.45, 2.75) is 20.3 Å². The van der Waals surface area contributed by atoms with Crippen molar-refractivity contribution in [1.29, 1.82) is 0 Å². The van der Waals surface area contributed by atoms with Gasteiger partial charge in [0.15, 0.2) is 0 Å². The Bertz CT molecular complexity index is 632. The predicted octanol–water partition coefficient (Wildman–Crippen LogP) is 1.10. The van der Waals surface area contributed by atoms with E-state index in [-0.39, 0.29) is 12.3 Å². The van der Waals surface area contributed by atoms with Crippen LogP contribution in [0.4, 0.5) is 0 Å². The van der Waals surface area contributed by atoms with Crippen molar-refractivity contribution in [3.05, 3.63) is 41.2 Å². The van der Waals surface area contributed by atoms with Crippen LogP contribution in [0, 0.1) is 13.8 Å². The summed E-state index contributed by atoms with van der Waals surface area (Å²) in [5.41, 5.74) is 3.78. The van der Waals surface area contributed by atoms with E-state index in [9.17, 15) is 4.79 Å². The Kier molecular flexibility index (Phi) is 5.27. The van der Waals surface area contributed by atoms with Crippen LogP contribution in [0.15, 0.2) is 24.3 Å². The van der Waals surface area contributed by atoms with E-state index in [1.54, 1.807) is 16.6 Å². The quantitative estimate of drug-likeness (QED) is 0.868. The molecule has 1 amide bonds. The lowest BCUT2D eigenvalue weighted by atomic mass is 10.2. The minimum Gasteiger partial charge on any atom is -0.344 e. The summed E-state index contributed by atoms with van der Waals surface area (Å²) in [5.74, 6) is 0.0503. The van der Waals surface area contributed by atoms with Crippen LogP contribution in [0.3, 0.4) is 0 Å². The molecule has 2 rings (SSSR count). The molecule has 118 valence electrons. The second-order valence-electron chi connectivity index (χ2n) is 5.46. The zero-order valence-electron chi connectivity index (χ0n) is 13.6. The monoisotopic (exact) mass is 301 g/mol. The van der Waals surface area contributed by atoms with E-state index in [4.69, 9.17) is 0 Å². The largest absolute Gasteiger partial charge is 0.344 e. The summed E-state index contributed by atoms with van der Waals surface area (Å²) in [6.07, 6.45) is 0.276. The molecule has 0 aliphatic rings. The average Bonchev–Trinajstić information content (AvgIpc) is 2.86. The molecule has 0 bridgehead atoms. The van der Waals surface area contributed by atoms with E-state index in [0.29, 0.717) is 6.54 Å². The Morgan fingerprint density at radius 1 is 1.27 bits per heavy atom. The van der Waals surface area contributed by atoms with Crippen molar-refractivity contribution in [3.8, 4) is 5.69 Å². The van der Waals surface area contributed by atoms with Crippen LogP contribution in [0.2, 0.25) is 0 Å². The van der Waals surface area contributed by atoms with Crippen molar-refractivity contribution in [3.63, 3.8) is 0 Å². The van der Waals surface area contributed by atoms with Gasteiger partial charge >= 0.3 is 0 Å². The van der Waals surface area contributed by atoms with Gasteiger partial charge in [-0.15, -0.1) is 5.10 Å². The number of benzene rings is 1. The molecule has 0 aliphatic heterocycles. The Morgan fingerprint density at radius 3 is 2.59 bits per heavy atom. The van der Waals surface area contributed by atoms with Gasteiger partial charge in [0.25, 0.3) is 0 Å². The van der Waals surface area contributed by atoms with E-state index < -0.39 is 0 Å².